The van der Waals surface area contributed by atoms with Crippen molar-refractivity contribution in [3.8, 4) is 6.07 Å². The number of nitrogens with two attached hydrogens (primary N) is 1. The van der Waals surface area contributed by atoms with Gasteiger partial charge >= 0.3 is 0 Å². The molecule has 2 aliphatic rings. The summed E-state index contributed by atoms with van der Waals surface area (Å²) >= 11 is 0. The molecule has 1 aliphatic carbocycles. The first kappa shape index (κ1) is 18.5. The summed E-state index contributed by atoms with van der Waals surface area (Å²) in [4.78, 5) is 21.1. The van der Waals surface area contributed by atoms with Gasteiger partial charge in [0, 0.05) is 32.4 Å². The number of hydrogen-bond donors (Lipinski definition) is 1. The van der Waals surface area contributed by atoms with E-state index in [0.29, 0.717) is 18.7 Å². The number of pyridine rings is 1. The Bertz CT molecular complexity index is 616. The monoisotopic (exact) mass is 349 g/mol. The molecule has 0 radical (unpaired) electrons. The van der Waals surface area contributed by atoms with E-state index in [2.05, 4.69) is 16.0 Å². The molecule has 1 aliphatic heterocycles. The lowest BCUT2D eigenvalue weighted by Gasteiger charge is -2.41. The lowest BCUT2D eigenvalue weighted by molar-refractivity contribution is -0.138. The predicted molar refractivity (Wildman–Crippen MR) is 95.0 cm³/mol. The van der Waals surface area contributed by atoms with E-state index in [0.717, 1.165) is 44.6 Å². The van der Waals surface area contributed by atoms with Crippen LogP contribution in [0.2, 0.25) is 0 Å². The normalized spacial score (nSPS) is 20.0. The third kappa shape index (κ3) is 3.80. The molecule has 0 spiro atoms. The fourth-order valence-electron chi connectivity index (χ4n) is 3.51. The van der Waals surface area contributed by atoms with Crippen molar-refractivity contribution >= 4 is 24.1 Å². The van der Waals surface area contributed by atoms with Crippen LogP contribution in [-0.4, -0.2) is 47.5 Å². The molecule has 2 fully saturated rings. The Kier molecular flexibility index (Phi) is 6.03. The van der Waals surface area contributed by atoms with E-state index in [-0.39, 0.29) is 18.3 Å². The van der Waals surface area contributed by atoms with Crippen LogP contribution >= 0.6 is 12.4 Å². The first-order valence-electron chi connectivity index (χ1n) is 8.32. The van der Waals surface area contributed by atoms with Crippen LogP contribution in [0.5, 0.6) is 0 Å². The van der Waals surface area contributed by atoms with Crippen molar-refractivity contribution < 1.29 is 4.79 Å². The molecule has 3 rings (SSSR count). The van der Waals surface area contributed by atoms with E-state index in [9.17, 15) is 4.79 Å². The number of carbonyl (C=O) groups is 1. The Morgan fingerprint density at radius 2 is 1.88 bits per heavy atom. The molecular weight excluding hydrogens is 326 g/mol. The summed E-state index contributed by atoms with van der Waals surface area (Å²) in [7, 11) is 0. The third-order valence-corrected chi connectivity index (χ3v) is 4.94. The average molecular weight is 350 g/mol. The minimum Gasteiger partial charge on any atom is -0.353 e. The van der Waals surface area contributed by atoms with Gasteiger partial charge in [0.15, 0.2) is 0 Å². The Morgan fingerprint density at radius 1 is 1.21 bits per heavy atom. The van der Waals surface area contributed by atoms with Crippen LogP contribution in [0.15, 0.2) is 18.3 Å². The Labute approximate surface area is 149 Å². The summed E-state index contributed by atoms with van der Waals surface area (Å²) in [6.45, 7) is 2.78. The van der Waals surface area contributed by atoms with Crippen LogP contribution < -0.4 is 10.6 Å². The van der Waals surface area contributed by atoms with E-state index < -0.39 is 5.54 Å². The molecule has 0 bridgehead atoms. The second-order valence-corrected chi connectivity index (χ2v) is 6.51. The largest absolute Gasteiger partial charge is 0.353 e. The quantitative estimate of drug-likeness (QED) is 0.877. The fraction of sp³-hybridized carbons (Fsp3) is 0.588. The molecule has 7 heteroatoms. The summed E-state index contributed by atoms with van der Waals surface area (Å²) in [5, 5.41) is 8.98. The third-order valence-electron chi connectivity index (χ3n) is 4.94. The summed E-state index contributed by atoms with van der Waals surface area (Å²) in [6, 6.07) is 5.63. The van der Waals surface area contributed by atoms with Gasteiger partial charge < -0.3 is 15.5 Å². The van der Waals surface area contributed by atoms with Crippen LogP contribution in [0.1, 0.15) is 37.7 Å². The molecule has 24 heavy (non-hydrogen) atoms. The zero-order valence-corrected chi connectivity index (χ0v) is 14.6. The minimum absolute atomic E-state index is 0. The zero-order chi connectivity index (χ0) is 16.3. The van der Waals surface area contributed by atoms with Gasteiger partial charge in [0.25, 0.3) is 0 Å². The predicted octanol–water partition coefficient (Wildman–Crippen LogP) is 1.69. The number of halogens is 1. The number of aromatic nitrogens is 1. The lowest BCUT2D eigenvalue weighted by atomic mass is 9.81. The topological polar surface area (TPSA) is 86.2 Å². The van der Waals surface area contributed by atoms with Gasteiger partial charge in [-0.05, 0) is 25.0 Å². The van der Waals surface area contributed by atoms with E-state index >= 15 is 0 Å². The molecule has 0 aromatic carbocycles. The molecule has 0 atom stereocenters. The second-order valence-electron chi connectivity index (χ2n) is 6.51. The number of anilines is 1. The van der Waals surface area contributed by atoms with Crippen LogP contribution in [0.25, 0.3) is 0 Å². The molecule has 1 saturated carbocycles. The van der Waals surface area contributed by atoms with Crippen molar-refractivity contribution in [3.05, 3.63) is 23.9 Å². The molecule has 0 unspecified atom stereocenters. The van der Waals surface area contributed by atoms with Crippen molar-refractivity contribution in [1.29, 1.82) is 5.26 Å². The second kappa shape index (κ2) is 7.82. The highest BCUT2D eigenvalue weighted by molar-refractivity contribution is 5.86. The molecular formula is C17H24ClN5O. The zero-order valence-electron chi connectivity index (χ0n) is 13.8. The first-order valence-corrected chi connectivity index (χ1v) is 8.32. The van der Waals surface area contributed by atoms with Crippen molar-refractivity contribution in [2.75, 3.05) is 31.1 Å². The molecule has 6 nitrogen and oxygen atoms in total. The van der Waals surface area contributed by atoms with Crippen molar-refractivity contribution in [1.82, 2.24) is 9.88 Å². The number of piperazine rings is 1. The fourth-order valence-corrected chi connectivity index (χ4v) is 3.51. The highest BCUT2D eigenvalue weighted by Crippen LogP contribution is 2.28. The number of nitriles is 1. The number of amides is 1. The van der Waals surface area contributed by atoms with Gasteiger partial charge in [0.05, 0.1) is 17.2 Å². The number of nitrogens with zero attached hydrogens (tertiary/aromatic N) is 4. The van der Waals surface area contributed by atoms with Crippen LogP contribution in [-0.2, 0) is 4.79 Å². The highest BCUT2D eigenvalue weighted by Gasteiger charge is 2.39. The number of hydrogen-bond acceptors (Lipinski definition) is 5. The van der Waals surface area contributed by atoms with E-state index in [1.807, 2.05) is 4.90 Å². The molecule has 2 N–H and O–H groups in total. The summed E-state index contributed by atoms with van der Waals surface area (Å²) in [5.74, 6) is 0.909. The van der Waals surface area contributed by atoms with Crippen molar-refractivity contribution in [3.63, 3.8) is 0 Å². The Balaban J connectivity index is 0.00000208. The highest BCUT2D eigenvalue weighted by atomic mass is 35.5. The SMILES string of the molecule is Cl.N#Cc1ccnc(N2CCN(C(=O)C3(N)CCCCC3)CC2)c1. The number of carbonyl (C=O) groups excluding carboxylic acids is 1. The molecule has 1 aromatic rings. The van der Waals surface area contributed by atoms with Gasteiger partial charge in [-0.3, -0.25) is 4.79 Å². The van der Waals surface area contributed by atoms with Crippen LogP contribution in [0.3, 0.4) is 0 Å². The summed E-state index contributed by atoms with van der Waals surface area (Å²) in [6.07, 6.45) is 6.54. The molecule has 2 heterocycles. The van der Waals surface area contributed by atoms with Gasteiger partial charge in [-0.1, -0.05) is 19.3 Å². The van der Waals surface area contributed by atoms with E-state index in [1.54, 1.807) is 18.3 Å². The van der Waals surface area contributed by atoms with Crippen molar-refractivity contribution in [2.24, 2.45) is 5.73 Å². The average Bonchev–Trinajstić information content (AvgIpc) is 2.62. The smallest absolute Gasteiger partial charge is 0.242 e. The molecule has 1 saturated heterocycles. The van der Waals surface area contributed by atoms with Gasteiger partial charge in [-0.2, -0.15) is 5.26 Å². The van der Waals surface area contributed by atoms with Crippen LogP contribution in [0, 0.1) is 11.3 Å². The van der Waals surface area contributed by atoms with E-state index in [1.165, 1.54) is 6.42 Å². The summed E-state index contributed by atoms with van der Waals surface area (Å²) in [5.41, 5.74) is 6.32. The maximum atomic E-state index is 12.7. The first-order chi connectivity index (χ1) is 11.1. The van der Waals surface area contributed by atoms with E-state index in [4.69, 9.17) is 11.0 Å². The van der Waals surface area contributed by atoms with Crippen molar-refractivity contribution in [2.45, 2.75) is 37.6 Å². The number of rotatable bonds is 2. The van der Waals surface area contributed by atoms with Gasteiger partial charge in [-0.25, -0.2) is 4.98 Å². The van der Waals surface area contributed by atoms with Gasteiger partial charge in [-0.15, -0.1) is 12.4 Å². The standard InChI is InChI=1S/C17H23N5O.ClH/c18-13-14-4-7-20-15(12-14)21-8-10-22(11-9-21)16(23)17(19)5-2-1-3-6-17;/h4,7,12H,1-3,5-6,8-11,19H2;1H. The Morgan fingerprint density at radius 3 is 2.50 bits per heavy atom. The lowest BCUT2D eigenvalue weighted by Crippen LogP contribution is -2.60. The molecule has 1 amide bonds. The minimum atomic E-state index is -0.653. The maximum Gasteiger partial charge on any atom is 0.242 e. The van der Waals surface area contributed by atoms with Gasteiger partial charge in [0.1, 0.15) is 5.82 Å². The molecule has 1 aromatic heterocycles. The Hall–Kier alpha value is -1.84. The van der Waals surface area contributed by atoms with Gasteiger partial charge in [0.2, 0.25) is 5.91 Å². The van der Waals surface area contributed by atoms with Crippen LogP contribution in [0.4, 0.5) is 5.82 Å². The summed E-state index contributed by atoms with van der Waals surface area (Å²) < 4.78 is 0. The maximum absolute atomic E-state index is 12.7. The molecule has 130 valence electrons.